The lowest BCUT2D eigenvalue weighted by Crippen LogP contribution is -2.03. The Morgan fingerprint density at radius 2 is 2.43 bits per heavy atom. The van der Waals surface area contributed by atoms with Crippen molar-refractivity contribution in [2.45, 2.75) is 12.8 Å². The van der Waals surface area contributed by atoms with E-state index in [1.165, 1.54) is 19.5 Å². The Balaban J connectivity index is 2.75. The van der Waals surface area contributed by atoms with Gasteiger partial charge in [0.1, 0.15) is 12.0 Å². The van der Waals surface area contributed by atoms with Crippen molar-refractivity contribution in [3.05, 3.63) is 18.1 Å². The summed E-state index contributed by atoms with van der Waals surface area (Å²) in [5, 5.41) is 0. The molecule has 1 rings (SSSR count). The van der Waals surface area contributed by atoms with E-state index in [0.29, 0.717) is 24.4 Å². The maximum absolute atomic E-state index is 11.4. The van der Waals surface area contributed by atoms with Crippen molar-refractivity contribution in [3.63, 3.8) is 0 Å². The summed E-state index contributed by atoms with van der Waals surface area (Å²) < 4.78 is 4.87. The molecular weight excluding hydrogens is 180 g/mol. The first-order chi connectivity index (χ1) is 6.77. The van der Waals surface area contributed by atoms with Gasteiger partial charge in [0.05, 0.1) is 7.11 Å². The molecular formula is C10H10N2O2. The zero-order chi connectivity index (χ0) is 10.4. The van der Waals surface area contributed by atoms with Gasteiger partial charge in [0, 0.05) is 18.9 Å². The standard InChI is InChI=1S/C10H10N2O2/c1-3-4-5-9(13)8-6-10(14-2)12-7-11-8/h1,6-7H,4-5H2,2H3. The Kier molecular flexibility index (Phi) is 3.62. The number of ketones is 1. The molecule has 4 nitrogen and oxygen atoms in total. The maximum Gasteiger partial charge on any atom is 0.216 e. The molecule has 0 aliphatic carbocycles. The summed E-state index contributed by atoms with van der Waals surface area (Å²) in [5.41, 5.74) is 0.340. The third kappa shape index (κ3) is 2.56. The van der Waals surface area contributed by atoms with Gasteiger partial charge < -0.3 is 4.74 Å². The van der Waals surface area contributed by atoms with Gasteiger partial charge in [0.2, 0.25) is 5.88 Å². The molecule has 0 aromatic carbocycles. The van der Waals surface area contributed by atoms with Crippen LogP contribution in [-0.4, -0.2) is 22.9 Å². The summed E-state index contributed by atoms with van der Waals surface area (Å²) in [6.07, 6.45) is 7.07. The lowest BCUT2D eigenvalue weighted by Gasteiger charge is -2.00. The first-order valence-electron chi connectivity index (χ1n) is 4.10. The number of ether oxygens (including phenoxy) is 1. The fourth-order valence-corrected chi connectivity index (χ4v) is 0.917. The van der Waals surface area contributed by atoms with Crippen molar-refractivity contribution in [2.24, 2.45) is 0 Å². The van der Waals surface area contributed by atoms with Crippen LogP contribution in [0.1, 0.15) is 23.3 Å². The maximum atomic E-state index is 11.4. The molecule has 0 fully saturated rings. The molecule has 0 unspecified atom stereocenters. The van der Waals surface area contributed by atoms with Crippen molar-refractivity contribution < 1.29 is 9.53 Å². The van der Waals surface area contributed by atoms with Gasteiger partial charge in [0.25, 0.3) is 0 Å². The molecule has 4 heteroatoms. The van der Waals surface area contributed by atoms with Crippen LogP contribution in [0.2, 0.25) is 0 Å². The van der Waals surface area contributed by atoms with Crippen molar-refractivity contribution in [1.82, 2.24) is 9.97 Å². The second-order valence-electron chi connectivity index (χ2n) is 2.57. The number of carbonyl (C=O) groups excluding carboxylic acids is 1. The smallest absolute Gasteiger partial charge is 0.216 e. The quantitative estimate of drug-likeness (QED) is 0.526. The van der Waals surface area contributed by atoms with Crippen LogP contribution in [0.15, 0.2) is 12.4 Å². The number of methoxy groups -OCH3 is 1. The zero-order valence-electron chi connectivity index (χ0n) is 7.86. The van der Waals surface area contributed by atoms with Crippen molar-refractivity contribution in [2.75, 3.05) is 7.11 Å². The fourth-order valence-electron chi connectivity index (χ4n) is 0.917. The van der Waals surface area contributed by atoms with Gasteiger partial charge in [-0.25, -0.2) is 9.97 Å². The van der Waals surface area contributed by atoms with Gasteiger partial charge in [0.15, 0.2) is 5.78 Å². The molecule has 72 valence electrons. The molecule has 0 atom stereocenters. The van der Waals surface area contributed by atoms with E-state index in [2.05, 4.69) is 15.9 Å². The van der Waals surface area contributed by atoms with E-state index < -0.39 is 0 Å². The lowest BCUT2D eigenvalue weighted by atomic mass is 10.2. The number of hydrogen-bond acceptors (Lipinski definition) is 4. The predicted octanol–water partition coefficient (Wildman–Crippen LogP) is 1.08. The molecule has 0 bridgehead atoms. The fraction of sp³-hybridized carbons (Fsp3) is 0.300. The number of hydrogen-bond donors (Lipinski definition) is 0. The Hall–Kier alpha value is -1.89. The third-order valence-electron chi connectivity index (χ3n) is 1.63. The van der Waals surface area contributed by atoms with Crippen molar-refractivity contribution in [1.29, 1.82) is 0 Å². The summed E-state index contributed by atoms with van der Waals surface area (Å²) >= 11 is 0. The minimum Gasteiger partial charge on any atom is -0.481 e. The molecule has 0 aliphatic rings. The molecule has 0 spiro atoms. The molecule has 0 radical (unpaired) electrons. The molecule has 1 heterocycles. The SMILES string of the molecule is C#CCCC(=O)c1cc(OC)ncn1. The number of Topliss-reactive ketones (excluding diaryl/α,β-unsaturated/α-hetero) is 1. The number of nitrogens with zero attached hydrogens (tertiary/aromatic N) is 2. The Labute approximate surface area is 82.3 Å². The molecule has 14 heavy (non-hydrogen) atoms. The van der Waals surface area contributed by atoms with Crippen LogP contribution in [0.25, 0.3) is 0 Å². The second kappa shape index (κ2) is 4.97. The molecule has 0 amide bonds. The van der Waals surface area contributed by atoms with E-state index in [1.807, 2.05) is 0 Å². The second-order valence-corrected chi connectivity index (χ2v) is 2.57. The van der Waals surface area contributed by atoms with Gasteiger partial charge in [-0.3, -0.25) is 4.79 Å². The highest BCUT2D eigenvalue weighted by atomic mass is 16.5. The minimum absolute atomic E-state index is 0.0938. The Bertz CT molecular complexity index is 369. The number of carbonyl (C=O) groups is 1. The van der Waals surface area contributed by atoms with Crippen LogP contribution in [-0.2, 0) is 0 Å². The summed E-state index contributed by atoms with van der Waals surface area (Å²) in [6.45, 7) is 0. The first-order valence-corrected chi connectivity index (χ1v) is 4.10. The highest BCUT2D eigenvalue weighted by molar-refractivity contribution is 5.94. The zero-order valence-corrected chi connectivity index (χ0v) is 7.86. The molecule has 0 saturated carbocycles. The van der Waals surface area contributed by atoms with Gasteiger partial charge in [-0.15, -0.1) is 12.3 Å². The largest absolute Gasteiger partial charge is 0.481 e. The lowest BCUT2D eigenvalue weighted by molar-refractivity contribution is 0.0979. The van der Waals surface area contributed by atoms with Crippen LogP contribution in [0.3, 0.4) is 0 Å². The van der Waals surface area contributed by atoms with E-state index in [0.717, 1.165) is 0 Å². The van der Waals surface area contributed by atoms with Crippen LogP contribution in [0.5, 0.6) is 5.88 Å². The average Bonchev–Trinajstić information content (AvgIpc) is 2.26. The summed E-state index contributed by atoms with van der Waals surface area (Å²) in [6, 6.07) is 1.50. The normalized spacial score (nSPS) is 9.14. The van der Waals surface area contributed by atoms with Gasteiger partial charge in [-0.1, -0.05) is 0 Å². The third-order valence-corrected chi connectivity index (χ3v) is 1.63. The highest BCUT2D eigenvalue weighted by Gasteiger charge is 2.07. The topological polar surface area (TPSA) is 52.1 Å². The first kappa shape index (κ1) is 10.2. The Morgan fingerprint density at radius 3 is 3.07 bits per heavy atom. The van der Waals surface area contributed by atoms with E-state index in [4.69, 9.17) is 11.2 Å². The van der Waals surface area contributed by atoms with Crippen molar-refractivity contribution >= 4 is 5.78 Å². The van der Waals surface area contributed by atoms with Crippen molar-refractivity contribution in [3.8, 4) is 18.2 Å². The number of aromatic nitrogens is 2. The molecule has 1 aromatic rings. The summed E-state index contributed by atoms with van der Waals surface area (Å²) in [5.74, 6) is 2.69. The molecule has 0 N–H and O–H groups in total. The minimum atomic E-state index is -0.0938. The van der Waals surface area contributed by atoms with E-state index in [9.17, 15) is 4.79 Å². The summed E-state index contributed by atoms with van der Waals surface area (Å²) in [7, 11) is 1.48. The summed E-state index contributed by atoms with van der Waals surface area (Å²) in [4.78, 5) is 19.1. The monoisotopic (exact) mass is 190 g/mol. The van der Waals surface area contributed by atoms with Gasteiger partial charge in [-0.2, -0.15) is 0 Å². The van der Waals surface area contributed by atoms with Crippen LogP contribution < -0.4 is 4.74 Å². The highest BCUT2D eigenvalue weighted by Crippen LogP contribution is 2.08. The van der Waals surface area contributed by atoms with Crippen LogP contribution in [0, 0.1) is 12.3 Å². The van der Waals surface area contributed by atoms with Gasteiger partial charge >= 0.3 is 0 Å². The average molecular weight is 190 g/mol. The van der Waals surface area contributed by atoms with Crippen LogP contribution >= 0.6 is 0 Å². The van der Waals surface area contributed by atoms with Crippen LogP contribution in [0.4, 0.5) is 0 Å². The molecule has 0 saturated heterocycles. The number of rotatable bonds is 4. The van der Waals surface area contributed by atoms with E-state index in [-0.39, 0.29) is 5.78 Å². The van der Waals surface area contributed by atoms with E-state index >= 15 is 0 Å². The van der Waals surface area contributed by atoms with E-state index in [1.54, 1.807) is 0 Å². The molecule has 0 aliphatic heterocycles. The van der Waals surface area contributed by atoms with Gasteiger partial charge in [-0.05, 0) is 0 Å². The molecule has 1 aromatic heterocycles. The number of terminal acetylenes is 1. The predicted molar refractivity (Wildman–Crippen MR) is 51.0 cm³/mol. The Morgan fingerprint density at radius 1 is 1.64 bits per heavy atom.